The molecule has 6 aromatic rings. The molecule has 7 rings (SSSR count). The number of hydrogen-bond acceptors (Lipinski definition) is 0. The maximum absolute atomic E-state index is 12.0. The minimum Gasteiger partial charge on any atom is -1.00 e. The molecule has 0 amide bonds. The van der Waals surface area contributed by atoms with Crippen molar-refractivity contribution in [3.8, 4) is 33.4 Å². The van der Waals surface area contributed by atoms with Crippen molar-refractivity contribution in [3.63, 3.8) is 0 Å². The van der Waals surface area contributed by atoms with E-state index in [1.165, 1.54) is 103 Å². The van der Waals surface area contributed by atoms with Gasteiger partial charge in [-0.15, -0.1) is 28.8 Å². The summed E-state index contributed by atoms with van der Waals surface area (Å²) in [5.74, 6) is 0. The first-order valence-corrected chi connectivity index (χ1v) is 21.6. The van der Waals surface area contributed by atoms with Crippen LogP contribution in [0.3, 0.4) is 0 Å². The molecule has 0 N–H and O–H groups in total. The van der Waals surface area contributed by atoms with Crippen LogP contribution in [0.15, 0.2) is 121 Å². The van der Waals surface area contributed by atoms with Crippen molar-refractivity contribution in [1.82, 2.24) is 0 Å². The number of benzene rings is 5. The molecule has 0 atom stereocenters. The Kier molecular flexibility index (Phi) is 16.8. The average molecular weight is 927 g/mol. The van der Waals surface area contributed by atoms with Crippen molar-refractivity contribution >= 4 is 3.71 Å². The second-order valence-corrected chi connectivity index (χ2v) is 20.2. The molecule has 60 heavy (non-hydrogen) atoms. The van der Waals surface area contributed by atoms with Gasteiger partial charge in [-0.25, -0.2) is 12.1 Å². The third-order valence-corrected chi connectivity index (χ3v) is 11.5. The van der Waals surface area contributed by atoms with E-state index in [0.717, 1.165) is 24.1 Å². The van der Waals surface area contributed by atoms with E-state index in [0.29, 0.717) is 0 Å². The molecule has 6 heteroatoms. The fourth-order valence-corrected chi connectivity index (χ4v) is 8.14. The van der Waals surface area contributed by atoms with Gasteiger partial charge in [-0.2, -0.15) is 18.2 Å². The molecule has 1 aliphatic carbocycles. The van der Waals surface area contributed by atoms with Gasteiger partial charge in [0.2, 0.25) is 0 Å². The van der Waals surface area contributed by atoms with Gasteiger partial charge < -0.3 is 24.8 Å². The van der Waals surface area contributed by atoms with E-state index in [4.69, 9.17) is 0 Å². The van der Waals surface area contributed by atoms with E-state index >= 15 is 0 Å². The molecule has 1 aliphatic rings. The van der Waals surface area contributed by atoms with Gasteiger partial charge >= 0.3 is 82.7 Å². The first-order chi connectivity index (χ1) is 26.9. The molecule has 0 fully saturated rings. The van der Waals surface area contributed by atoms with E-state index in [1.54, 1.807) is 0 Å². The molecule has 0 aromatic heterocycles. The van der Waals surface area contributed by atoms with Crippen LogP contribution in [0, 0.1) is 6.07 Å². The SMILES string of the molecule is CC(C)(C)c1cc2c([c-]c1-c1ccccc1C(C)(C)C)Cc1cc(-c3ccccc3C(C)(C)C)c(C(C)(C)C)cc1-2.FC(F)(F)c1ccc([CH]=[Zr+2])cc1.[Cl-].[Cl-].c1cc[cH-]c1. The number of halogens is 5. The Bertz CT molecular complexity index is 2200. The second-order valence-electron chi connectivity index (χ2n) is 19.5. The van der Waals surface area contributed by atoms with Gasteiger partial charge in [-0.05, 0) is 55.9 Å². The summed E-state index contributed by atoms with van der Waals surface area (Å²) in [6.07, 6.45) is -3.30. The van der Waals surface area contributed by atoms with Crippen LogP contribution in [0.4, 0.5) is 13.2 Å². The Labute approximate surface area is 386 Å². The van der Waals surface area contributed by atoms with Gasteiger partial charge in [-0.1, -0.05) is 166 Å². The van der Waals surface area contributed by atoms with E-state index in [2.05, 4.69) is 156 Å². The third kappa shape index (κ3) is 12.1. The summed E-state index contributed by atoms with van der Waals surface area (Å²) in [7, 11) is 0. The van der Waals surface area contributed by atoms with E-state index in [9.17, 15) is 13.2 Å². The minimum absolute atomic E-state index is 0. The molecule has 0 nitrogen and oxygen atoms in total. The van der Waals surface area contributed by atoms with Crippen molar-refractivity contribution < 1.29 is 62.2 Å². The Morgan fingerprint density at radius 1 is 0.517 bits per heavy atom. The summed E-state index contributed by atoms with van der Waals surface area (Å²) >= 11 is 1.18. The fraction of sp³-hybridized carbons (Fsp3) is 0.333. The number of alkyl halides is 3. The van der Waals surface area contributed by atoms with Crippen LogP contribution >= 0.6 is 0 Å². The van der Waals surface area contributed by atoms with Crippen LogP contribution < -0.4 is 24.8 Å². The third-order valence-electron chi connectivity index (χ3n) is 10.7. The quantitative estimate of drug-likeness (QED) is 0.155. The van der Waals surface area contributed by atoms with Crippen molar-refractivity contribution in [2.45, 2.75) is 117 Å². The maximum atomic E-state index is 12.0. The first-order valence-electron chi connectivity index (χ1n) is 20.2. The number of fused-ring (bicyclic) bond motifs is 3. The minimum atomic E-state index is -4.22. The van der Waals surface area contributed by atoms with Gasteiger partial charge in [0.1, 0.15) is 0 Å². The predicted molar refractivity (Wildman–Crippen MR) is 238 cm³/mol. The first kappa shape index (κ1) is 50.9. The summed E-state index contributed by atoms with van der Waals surface area (Å²) in [4.78, 5) is 0. The monoisotopic (exact) mass is 924 g/mol. The van der Waals surface area contributed by atoms with E-state index in [-0.39, 0.29) is 46.5 Å². The average Bonchev–Trinajstić information content (AvgIpc) is 3.84. The molecule has 0 spiro atoms. The zero-order chi connectivity index (χ0) is 42.8. The molecular formula is C54H59Cl2F3Zr-2. The molecule has 0 unspecified atom stereocenters. The Morgan fingerprint density at radius 3 is 1.43 bits per heavy atom. The van der Waals surface area contributed by atoms with Gasteiger partial charge in [0.25, 0.3) is 0 Å². The van der Waals surface area contributed by atoms with Gasteiger partial charge in [0.15, 0.2) is 0 Å². The molecule has 0 radical (unpaired) electrons. The van der Waals surface area contributed by atoms with Crippen LogP contribution in [0.1, 0.15) is 128 Å². The summed E-state index contributed by atoms with van der Waals surface area (Å²) in [5.41, 5.74) is 16.8. The summed E-state index contributed by atoms with van der Waals surface area (Å²) in [6.45, 7) is 28.0. The molecule has 0 aliphatic heterocycles. The summed E-state index contributed by atoms with van der Waals surface area (Å²) in [5, 5.41) is 0. The Morgan fingerprint density at radius 2 is 0.983 bits per heavy atom. The predicted octanol–water partition coefficient (Wildman–Crippen LogP) is 9.40. The molecule has 0 saturated heterocycles. The fourth-order valence-electron chi connectivity index (χ4n) is 7.66. The smallest absolute Gasteiger partial charge is 0.172 e. The number of rotatable bonds is 3. The second kappa shape index (κ2) is 19.7. The van der Waals surface area contributed by atoms with E-state index in [1.807, 2.05) is 34.0 Å². The topological polar surface area (TPSA) is 0 Å². The summed E-state index contributed by atoms with van der Waals surface area (Å²) < 4.78 is 37.9. The normalized spacial score (nSPS) is 12.3. The molecule has 0 saturated carbocycles. The zero-order valence-corrected chi connectivity index (χ0v) is 41.2. The summed E-state index contributed by atoms with van der Waals surface area (Å²) in [6, 6.07) is 44.6. The van der Waals surface area contributed by atoms with Crippen molar-refractivity contribution in [2.75, 3.05) is 0 Å². The van der Waals surface area contributed by atoms with Gasteiger partial charge in [0.05, 0.1) is 0 Å². The maximum Gasteiger partial charge on any atom is -0.172 e. The van der Waals surface area contributed by atoms with Gasteiger partial charge in [0, 0.05) is 0 Å². The van der Waals surface area contributed by atoms with Gasteiger partial charge in [-0.3, -0.25) is 0 Å². The van der Waals surface area contributed by atoms with Crippen LogP contribution in [0.25, 0.3) is 33.4 Å². The zero-order valence-electron chi connectivity index (χ0n) is 37.2. The van der Waals surface area contributed by atoms with Crippen molar-refractivity contribution in [3.05, 3.63) is 172 Å². The Hall–Kier alpha value is -3.43. The van der Waals surface area contributed by atoms with Crippen LogP contribution in [0.5, 0.6) is 0 Å². The molecule has 6 aromatic carbocycles. The molecular weight excluding hydrogens is 868 g/mol. The van der Waals surface area contributed by atoms with Crippen LogP contribution in [-0.2, 0) is 58.5 Å². The number of hydrogen-bond donors (Lipinski definition) is 0. The van der Waals surface area contributed by atoms with E-state index < -0.39 is 11.7 Å². The largest absolute Gasteiger partial charge is 1.00 e. The molecule has 0 bridgehead atoms. The standard InChI is InChI=1S/C41H49.C8H5F3.C5H5.2ClH.Zr/c1-38(2,3)34-19-15-13-17-28(34)32-22-26-21-27-23-33(29-18-14-16-20-35(29)39(4,5)6)37(41(10,11)12)25-31(27)30(26)24-36(32)40(7,8)9;1-6-2-4-7(5-3-6)8(9,10)11;1-2-4-5-3-1;;;/h13-20,22,24-25H,21H2,1-12H3;1-5H;1-5H;2*1H;/q-1;;-1;;;+2/p-2. The van der Waals surface area contributed by atoms with Crippen molar-refractivity contribution in [1.29, 1.82) is 0 Å². The van der Waals surface area contributed by atoms with Crippen molar-refractivity contribution in [2.24, 2.45) is 0 Å². The van der Waals surface area contributed by atoms with Crippen LogP contribution in [0.2, 0.25) is 0 Å². The molecule has 316 valence electrons. The van der Waals surface area contributed by atoms with Crippen LogP contribution in [-0.4, -0.2) is 3.71 Å². The Balaban J connectivity index is 0.000000420. The molecule has 0 heterocycles.